The molecule has 5 rings (SSSR count). The lowest BCUT2D eigenvalue weighted by Crippen LogP contribution is -2.46. The lowest BCUT2D eigenvalue weighted by Gasteiger charge is -2.37. The fourth-order valence-electron chi connectivity index (χ4n) is 4.42. The van der Waals surface area contributed by atoms with Gasteiger partial charge in [-0.2, -0.15) is 9.97 Å². The zero-order valence-electron chi connectivity index (χ0n) is 18.5. The maximum atomic E-state index is 5.67. The van der Waals surface area contributed by atoms with E-state index in [1.54, 1.807) is 0 Å². The number of hydrogen-bond acceptors (Lipinski definition) is 8. The Bertz CT molecular complexity index is 1020. The lowest BCUT2D eigenvalue weighted by atomic mass is 10.1. The van der Waals surface area contributed by atoms with Crippen LogP contribution >= 0.6 is 0 Å². The number of fused-ring (bicyclic) bond motifs is 1. The number of pyridine rings is 1. The average Bonchev–Trinajstić information content (AvgIpc) is 2.79. The summed E-state index contributed by atoms with van der Waals surface area (Å²) in [6.07, 6.45) is 6.26. The molecule has 0 N–H and O–H groups in total. The second-order valence-corrected chi connectivity index (χ2v) is 8.60. The van der Waals surface area contributed by atoms with Crippen LogP contribution in [0, 0.1) is 0 Å². The number of aromatic nitrogens is 3. The molecule has 8 nitrogen and oxygen atoms in total. The summed E-state index contributed by atoms with van der Waals surface area (Å²) in [5, 5.41) is 0.988. The van der Waals surface area contributed by atoms with Crippen LogP contribution in [-0.4, -0.2) is 85.0 Å². The van der Waals surface area contributed by atoms with Gasteiger partial charge in [0.05, 0.1) is 49.6 Å². The Morgan fingerprint density at radius 2 is 1.68 bits per heavy atom. The van der Waals surface area contributed by atoms with Crippen LogP contribution in [0.15, 0.2) is 30.5 Å². The predicted molar refractivity (Wildman–Crippen MR) is 122 cm³/mol. The van der Waals surface area contributed by atoms with Gasteiger partial charge in [0.15, 0.2) is 5.65 Å². The maximum Gasteiger partial charge on any atom is 0.229 e. The highest BCUT2D eigenvalue weighted by molar-refractivity contribution is 5.89. The van der Waals surface area contributed by atoms with Crippen molar-refractivity contribution in [3.05, 3.63) is 36.2 Å². The van der Waals surface area contributed by atoms with Crippen molar-refractivity contribution in [2.75, 3.05) is 62.9 Å². The van der Waals surface area contributed by atoms with Crippen molar-refractivity contribution in [2.24, 2.45) is 0 Å². The monoisotopic (exact) mass is 422 g/mol. The van der Waals surface area contributed by atoms with Crippen molar-refractivity contribution in [3.63, 3.8) is 0 Å². The van der Waals surface area contributed by atoms with Crippen LogP contribution in [0.1, 0.15) is 19.5 Å². The van der Waals surface area contributed by atoms with E-state index in [4.69, 9.17) is 24.4 Å². The van der Waals surface area contributed by atoms with Crippen molar-refractivity contribution < 1.29 is 9.47 Å². The van der Waals surface area contributed by atoms with Crippen LogP contribution < -0.4 is 9.80 Å². The minimum atomic E-state index is 0.226. The van der Waals surface area contributed by atoms with Crippen LogP contribution in [-0.2, 0) is 9.47 Å². The molecule has 0 amide bonds. The molecule has 31 heavy (non-hydrogen) atoms. The third-order valence-corrected chi connectivity index (χ3v) is 6.18. The highest BCUT2D eigenvalue weighted by Gasteiger charge is 2.27. The van der Waals surface area contributed by atoms with E-state index < -0.39 is 0 Å². The van der Waals surface area contributed by atoms with E-state index in [0.29, 0.717) is 26.4 Å². The van der Waals surface area contributed by atoms with Gasteiger partial charge >= 0.3 is 0 Å². The molecule has 164 valence electrons. The molecule has 0 spiro atoms. The molecular weight excluding hydrogens is 392 g/mol. The van der Waals surface area contributed by atoms with Crippen LogP contribution in [0.3, 0.4) is 0 Å². The number of nitrogens with zero attached hydrogens (tertiary/aromatic N) is 6. The Balaban J connectivity index is 1.63. The second-order valence-electron chi connectivity index (χ2n) is 8.60. The van der Waals surface area contributed by atoms with Gasteiger partial charge in [0.2, 0.25) is 5.95 Å². The summed E-state index contributed by atoms with van der Waals surface area (Å²) in [6, 6.07) is 4.70. The van der Waals surface area contributed by atoms with Gasteiger partial charge in [-0.15, -0.1) is 0 Å². The van der Waals surface area contributed by atoms with Gasteiger partial charge in [-0.3, -0.25) is 0 Å². The Labute approximate surface area is 183 Å². The fraction of sp³-hybridized carbons (Fsp3) is 0.522. The second kappa shape index (κ2) is 8.43. The van der Waals surface area contributed by atoms with Crippen molar-refractivity contribution in [1.82, 2.24) is 19.9 Å². The molecule has 2 saturated heterocycles. The largest absolute Gasteiger partial charge is 0.377 e. The van der Waals surface area contributed by atoms with Gasteiger partial charge in [-0.25, -0.2) is 4.98 Å². The number of rotatable bonds is 3. The van der Waals surface area contributed by atoms with E-state index in [2.05, 4.69) is 66.1 Å². The molecule has 0 aliphatic carbocycles. The quantitative estimate of drug-likeness (QED) is 0.747. The molecule has 3 aliphatic rings. The molecule has 0 radical (unpaired) electrons. The van der Waals surface area contributed by atoms with E-state index in [1.807, 2.05) is 0 Å². The van der Waals surface area contributed by atoms with Gasteiger partial charge in [-0.1, -0.05) is 6.08 Å². The first kappa shape index (κ1) is 20.2. The number of anilines is 2. The SMILES string of the molecule is C[C@H]1COCCN1c1nc(N2CCOC[C@@H]2C)c2ccc(C3=CC=CN(C)C3)nc2n1. The molecule has 0 bridgehead atoms. The summed E-state index contributed by atoms with van der Waals surface area (Å²) < 4.78 is 11.3. The van der Waals surface area contributed by atoms with Crippen molar-refractivity contribution in [1.29, 1.82) is 0 Å². The zero-order valence-corrected chi connectivity index (χ0v) is 18.5. The topological polar surface area (TPSA) is 66.8 Å². The lowest BCUT2D eigenvalue weighted by molar-refractivity contribution is 0.0973. The minimum Gasteiger partial charge on any atom is -0.377 e. The summed E-state index contributed by atoms with van der Waals surface area (Å²) in [5.74, 6) is 1.68. The van der Waals surface area contributed by atoms with E-state index >= 15 is 0 Å². The summed E-state index contributed by atoms with van der Waals surface area (Å²) in [4.78, 5) is 21.7. The third-order valence-electron chi connectivity index (χ3n) is 6.18. The van der Waals surface area contributed by atoms with E-state index in [9.17, 15) is 0 Å². The van der Waals surface area contributed by atoms with Gasteiger partial charge in [0.1, 0.15) is 5.82 Å². The van der Waals surface area contributed by atoms with Crippen molar-refractivity contribution >= 4 is 28.4 Å². The van der Waals surface area contributed by atoms with E-state index in [0.717, 1.165) is 48.1 Å². The van der Waals surface area contributed by atoms with Gasteiger partial charge < -0.3 is 24.2 Å². The maximum absolute atomic E-state index is 5.67. The van der Waals surface area contributed by atoms with Gasteiger partial charge in [0, 0.05) is 26.7 Å². The third kappa shape index (κ3) is 3.97. The summed E-state index contributed by atoms with van der Waals surface area (Å²) in [6.45, 7) is 9.54. The minimum absolute atomic E-state index is 0.226. The van der Waals surface area contributed by atoms with Gasteiger partial charge in [-0.05, 0) is 43.8 Å². The molecule has 8 heteroatoms. The fourth-order valence-corrected chi connectivity index (χ4v) is 4.42. The number of allylic oxidation sites excluding steroid dienone is 2. The Kier molecular flexibility index (Phi) is 5.50. The average molecular weight is 423 g/mol. The Morgan fingerprint density at radius 3 is 2.39 bits per heavy atom. The smallest absolute Gasteiger partial charge is 0.229 e. The number of hydrogen-bond donors (Lipinski definition) is 0. The summed E-state index contributed by atoms with van der Waals surface area (Å²) in [7, 11) is 2.07. The molecule has 0 saturated carbocycles. The summed E-state index contributed by atoms with van der Waals surface area (Å²) >= 11 is 0. The molecular formula is C23H30N6O2. The number of morpholine rings is 2. The molecule has 0 unspecified atom stereocenters. The molecule has 2 aromatic rings. The van der Waals surface area contributed by atoms with E-state index in [1.165, 1.54) is 5.57 Å². The molecule has 5 heterocycles. The first-order valence-corrected chi connectivity index (χ1v) is 11.1. The van der Waals surface area contributed by atoms with Gasteiger partial charge in [0.25, 0.3) is 0 Å². The Hall–Kier alpha value is -2.71. The molecule has 2 atom stereocenters. The first-order chi connectivity index (χ1) is 15.1. The molecule has 2 fully saturated rings. The van der Waals surface area contributed by atoms with E-state index in [-0.39, 0.29) is 12.1 Å². The van der Waals surface area contributed by atoms with Crippen LogP contribution in [0.4, 0.5) is 11.8 Å². The van der Waals surface area contributed by atoms with Crippen molar-refractivity contribution in [3.8, 4) is 0 Å². The number of likely N-dealkylation sites (N-methyl/N-ethyl adjacent to an activating group) is 1. The zero-order chi connectivity index (χ0) is 21.4. The standard InChI is InChI=1S/C23H30N6O2/c1-16-14-30-11-9-28(16)22-19-6-7-20(18-5-4-8-27(3)13-18)24-21(19)25-23(26-22)29-10-12-31-15-17(29)2/h4-8,16-17H,9-15H2,1-3H3/t16-,17-/m0/s1. The molecule has 0 aromatic carbocycles. The normalized spacial score (nSPS) is 24.6. The predicted octanol–water partition coefficient (Wildman–Crippen LogP) is 2.32. The number of ether oxygens (including phenoxy) is 2. The van der Waals surface area contributed by atoms with Crippen LogP contribution in [0.5, 0.6) is 0 Å². The van der Waals surface area contributed by atoms with Crippen LogP contribution in [0.2, 0.25) is 0 Å². The highest BCUT2D eigenvalue weighted by atomic mass is 16.5. The first-order valence-electron chi connectivity index (χ1n) is 11.1. The summed E-state index contributed by atoms with van der Waals surface area (Å²) in [5.41, 5.74) is 2.89. The highest BCUT2D eigenvalue weighted by Crippen LogP contribution is 2.30. The van der Waals surface area contributed by atoms with Crippen LogP contribution in [0.25, 0.3) is 16.6 Å². The Morgan fingerprint density at radius 1 is 0.935 bits per heavy atom. The molecule has 2 aromatic heterocycles. The van der Waals surface area contributed by atoms with Crippen molar-refractivity contribution in [2.45, 2.75) is 25.9 Å². The molecule has 3 aliphatic heterocycles.